The zero-order valence-corrected chi connectivity index (χ0v) is 9.07. The van der Waals surface area contributed by atoms with E-state index >= 15 is 0 Å². The van der Waals surface area contributed by atoms with Gasteiger partial charge in [-0.3, -0.25) is 10.9 Å². The predicted octanol–water partition coefficient (Wildman–Crippen LogP) is 0.853. The van der Waals surface area contributed by atoms with Gasteiger partial charge in [0.1, 0.15) is 5.82 Å². The first kappa shape index (κ1) is 10.7. The van der Waals surface area contributed by atoms with Crippen molar-refractivity contribution in [3.63, 3.8) is 0 Å². The molecular weight excluding hydrogens is 202 g/mol. The summed E-state index contributed by atoms with van der Waals surface area (Å²) < 4.78 is 0. The summed E-state index contributed by atoms with van der Waals surface area (Å²) in [4.78, 5) is 0. The minimum Gasteiger partial charge on any atom is -0.384 e. The third-order valence-corrected chi connectivity index (χ3v) is 2.55. The molecule has 16 heavy (non-hydrogen) atoms. The fraction of sp³-hybridized carbons (Fsp3) is 0.182. The van der Waals surface area contributed by atoms with E-state index in [1.54, 1.807) is 6.20 Å². The number of hydrazine groups is 1. The van der Waals surface area contributed by atoms with E-state index in [0.29, 0.717) is 5.82 Å². The third kappa shape index (κ3) is 1.91. The molecule has 84 valence electrons. The van der Waals surface area contributed by atoms with Crippen LogP contribution in [0.3, 0.4) is 0 Å². The highest BCUT2D eigenvalue weighted by Crippen LogP contribution is 2.24. The summed E-state index contributed by atoms with van der Waals surface area (Å²) in [6.07, 6.45) is 1.68. The Kier molecular flexibility index (Phi) is 2.89. The Bertz CT molecular complexity index is 477. The molecule has 1 unspecified atom stereocenters. The summed E-state index contributed by atoms with van der Waals surface area (Å²) in [5, 5.41) is 6.59. The number of aromatic nitrogens is 2. The van der Waals surface area contributed by atoms with Gasteiger partial charge in [-0.25, -0.2) is 5.43 Å². The molecule has 1 heterocycles. The van der Waals surface area contributed by atoms with Crippen molar-refractivity contribution in [1.82, 2.24) is 15.6 Å². The number of benzene rings is 1. The van der Waals surface area contributed by atoms with Crippen molar-refractivity contribution < 1.29 is 0 Å². The molecule has 0 aliphatic heterocycles. The van der Waals surface area contributed by atoms with E-state index in [2.05, 4.69) is 21.7 Å². The predicted molar refractivity (Wildman–Crippen MR) is 63.3 cm³/mol. The van der Waals surface area contributed by atoms with Crippen molar-refractivity contribution >= 4 is 5.82 Å². The van der Waals surface area contributed by atoms with Crippen molar-refractivity contribution in [1.29, 1.82) is 0 Å². The highest BCUT2D eigenvalue weighted by atomic mass is 15.2. The standard InChI is InChI=1S/C11H15N5/c1-7-3-2-4-8(5-7)10(15-13)9-6-14-16-11(9)12/h2-6,10,15H,13H2,1H3,(H3,12,14,16). The molecule has 0 bridgehead atoms. The molecule has 0 aliphatic carbocycles. The SMILES string of the molecule is Cc1cccc(C(NN)c2cn[nH]c2N)c1. The Morgan fingerprint density at radius 1 is 1.44 bits per heavy atom. The topological polar surface area (TPSA) is 92.7 Å². The maximum Gasteiger partial charge on any atom is 0.124 e. The molecule has 1 aromatic heterocycles. The van der Waals surface area contributed by atoms with E-state index < -0.39 is 0 Å². The number of anilines is 1. The summed E-state index contributed by atoms with van der Waals surface area (Å²) in [7, 11) is 0. The molecule has 0 spiro atoms. The smallest absolute Gasteiger partial charge is 0.124 e. The lowest BCUT2D eigenvalue weighted by molar-refractivity contribution is 0.638. The van der Waals surface area contributed by atoms with Crippen LogP contribution in [0.4, 0.5) is 5.82 Å². The van der Waals surface area contributed by atoms with Crippen molar-refractivity contribution in [3.8, 4) is 0 Å². The Hall–Kier alpha value is -1.85. The first-order valence-electron chi connectivity index (χ1n) is 5.04. The van der Waals surface area contributed by atoms with E-state index in [1.807, 2.05) is 25.1 Å². The molecule has 0 aliphatic rings. The molecule has 1 atom stereocenters. The van der Waals surface area contributed by atoms with Crippen LogP contribution in [0.5, 0.6) is 0 Å². The second-order valence-corrected chi connectivity index (χ2v) is 3.75. The highest BCUT2D eigenvalue weighted by molar-refractivity contribution is 5.44. The van der Waals surface area contributed by atoms with Crippen LogP contribution in [-0.2, 0) is 0 Å². The minimum absolute atomic E-state index is 0.140. The van der Waals surface area contributed by atoms with Crippen LogP contribution < -0.4 is 17.0 Å². The second kappa shape index (κ2) is 4.34. The molecule has 5 heteroatoms. The Labute approximate surface area is 93.8 Å². The number of aryl methyl sites for hydroxylation is 1. The van der Waals surface area contributed by atoms with Gasteiger partial charge < -0.3 is 5.73 Å². The summed E-state index contributed by atoms with van der Waals surface area (Å²) >= 11 is 0. The van der Waals surface area contributed by atoms with Gasteiger partial charge in [0.2, 0.25) is 0 Å². The van der Waals surface area contributed by atoms with E-state index in [1.165, 1.54) is 5.56 Å². The van der Waals surface area contributed by atoms with Crippen LogP contribution in [0.1, 0.15) is 22.7 Å². The molecule has 0 saturated heterocycles. The second-order valence-electron chi connectivity index (χ2n) is 3.75. The molecular formula is C11H15N5. The molecule has 2 rings (SSSR count). The minimum atomic E-state index is -0.140. The lowest BCUT2D eigenvalue weighted by Crippen LogP contribution is -2.29. The first-order chi connectivity index (χ1) is 7.72. The number of rotatable bonds is 3. The van der Waals surface area contributed by atoms with E-state index in [4.69, 9.17) is 11.6 Å². The number of hydrogen-bond donors (Lipinski definition) is 4. The van der Waals surface area contributed by atoms with Gasteiger partial charge in [-0.15, -0.1) is 0 Å². The lowest BCUT2D eigenvalue weighted by Gasteiger charge is -2.15. The van der Waals surface area contributed by atoms with E-state index in [-0.39, 0.29) is 6.04 Å². The molecule has 0 amide bonds. The average Bonchev–Trinajstić information content (AvgIpc) is 2.67. The highest BCUT2D eigenvalue weighted by Gasteiger charge is 2.16. The molecule has 1 aromatic carbocycles. The van der Waals surface area contributed by atoms with Gasteiger partial charge in [-0.1, -0.05) is 29.8 Å². The molecule has 6 N–H and O–H groups in total. The fourth-order valence-corrected chi connectivity index (χ4v) is 1.75. The monoisotopic (exact) mass is 217 g/mol. The number of nitrogens with one attached hydrogen (secondary N) is 2. The van der Waals surface area contributed by atoms with Crippen LogP contribution in [0.25, 0.3) is 0 Å². The molecule has 0 fully saturated rings. The van der Waals surface area contributed by atoms with Gasteiger partial charge in [0.25, 0.3) is 0 Å². The van der Waals surface area contributed by atoms with Gasteiger partial charge >= 0.3 is 0 Å². The maximum absolute atomic E-state index is 5.78. The zero-order valence-electron chi connectivity index (χ0n) is 9.07. The van der Waals surface area contributed by atoms with E-state index in [0.717, 1.165) is 11.1 Å². The molecule has 2 aromatic rings. The van der Waals surface area contributed by atoms with Gasteiger partial charge in [-0.05, 0) is 12.5 Å². The number of aromatic amines is 1. The van der Waals surface area contributed by atoms with Crippen LogP contribution in [0, 0.1) is 6.92 Å². The van der Waals surface area contributed by atoms with Gasteiger partial charge in [0, 0.05) is 5.56 Å². The summed E-state index contributed by atoms with van der Waals surface area (Å²) in [6, 6.07) is 7.96. The number of hydrogen-bond acceptors (Lipinski definition) is 4. The zero-order chi connectivity index (χ0) is 11.5. The van der Waals surface area contributed by atoms with Gasteiger partial charge in [0.05, 0.1) is 12.2 Å². The van der Waals surface area contributed by atoms with E-state index in [9.17, 15) is 0 Å². The van der Waals surface area contributed by atoms with Gasteiger partial charge in [-0.2, -0.15) is 5.10 Å². The Balaban J connectivity index is 2.40. The normalized spacial score (nSPS) is 12.6. The third-order valence-electron chi connectivity index (χ3n) is 2.55. The average molecular weight is 217 g/mol. The molecule has 0 radical (unpaired) electrons. The number of nitrogens with zero attached hydrogens (tertiary/aromatic N) is 1. The van der Waals surface area contributed by atoms with Crippen LogP contribution in [0.2, 0.25) is 0 Å². The lowest BCUT2D eigenvalue weighted by atomic mass is 10.00. The van der Waals surface area contributed by atoms with Crippen molar-refractivity contribution in [3.05, 3.63) is 47.2 Å². The van der Waals surface area contributed by atoms with Crippen molar-refractivity contribution in [2.45, 2.75) is 13.0 Å². The quantitative estimate of drug-likeness (QED) is 0.453. The van der Waals surface area contributed by atoms with Crippen LogP contribution >= 0.6 is 0 Å². The summed E-state index contributed by atoms with van der Waals surface area (Å²) in [5.74, 6) is 6.10. The molecule has 5 nitrogen and oxygen atoms in total. The van der Waals surface area contributed by atoms with Crippen LogP contribution in [-0.4, -0.2) is 10.2 Å². The largest absolute Gasteiger partial charge is 0.384 e. The first-order valence-corrected chi connectivity index (χ1v) is 5.04. The molecule has 0 saturated carbocycles. The summed E-state index contributed by atoms with van der Waals surface area (Å²) in [6.45, 7) is 2.04. The van der Waals surface area contributed by atoms with Crippen molar-refractivity contribution in [2.75, 3.05) is 5.73 Å². The Morgan fingerprint density at radius 3 is 2.81 bits per heavy atom. The number of nitrogens with two attached hydrogens (primary N) is 2. The Morgan fingerprint density at radius 2 is 2.25 bits per heavy atom. The summed E-state index contributed by atoms with van der Waals surface area (Å²) in [5.41, 5.74) is 11.6. The fourth-order valence-electron chi connectivity index (χ4n) is 1.75. The van der Waals surface area contributed by atoms with Crippen molar-refractivity contribution in [2.24, 2.45) is 5.84 Å². The van der Waals surface area contributed by atoms with Crippen LogP contribution in [0.15, 0.2) is 30.5 Å². The number of nitrogen functional groups attached to an aromatic ring is 1. The van der Waals surface area contributed by atoms with Gasteiger partial charge in [0.15, 0.2) is 0 Å². The number of H-pyrrole nitrogens is 1. The maximum atomic E-state index is 5.78.